The van der Waals surface area contributed by atoms with Gasteiger partial charge in [-0.05, 0) is 19.1 Å². The molecule has 1 aromatic carbocycles. The first-order chi connectivity index (χ1) is 6.79. The zero-order valence-electron chi connectivity index (χ0n) is 8.15. The molecule has 4 nitrogen and oxygen atoms in total. The molecule has 0 aliphatic rings. The Kier molecular flexibility index (Phi) is 3.94. The van der Waals surface area contributed by atoms with Crippen LogP contribution in [0.5, 0.6) is 5.75 Å². The minimum absolute atomic E-state index is 0.350. The van der Waals surface area contributed by atoms with Crippen molar-refractivity contribution in [3.8, 4) is 5.75 Å². The highest BCUT2D eigenvalue weighted by molar-refractivity contribution is 5.92. The summed E-state index contributed by atoms with van der Waals surface area (Å²) in [5.41, 5.74) is 0.350. The quantitative estimate of drug-likeness (QED) is 0.418. The van der Waals surface area contributed by atoms with Crippen LogP contribution in [0.4, 0.5) is 0 Å². The third-order valence-electron chi connectivity index (χ3n) is 1.56. The van der Waals surface area contributed by atoms with Crippen LogP contribution in [0.3, 0.4) is 0 Å². The molecule has 0 bridgehead atoms. The van der Waals surface area contributed by atoms with Crippen molar-refractivity contribution in [2.75, 3.05) is 13.7 Å². The van der Waals surface area contributed by atoms with E-state index in [1.807, 2.05) is 0 Å². The summed E-state index contributed by atoms with van der Waals surface area (Å²) >= 11 is 0. The van der Waals surface area contributed by atoms with Crippen molar-refractivity contribution < 1.29 is 19.3 Å². The van der Waals surface area contributed by atoms with E-state index in [-0.39, 0.29) is 0 Å². The molecule has 0 N–H and O–H groups in total. The predicted octanol–water partition coefficient (Wildman–Crippen LogP) is 1.80. The van der Waals surface area contributed by atoms with Gasteiger partial charge in [0.2, 0.25) is 0 Å². The molecule has 4 heteroatoms. The second-order valence-electron chi connectivity index (χ2n) is 2.48. The van der Waals surface area contributed by atoms with Gasteiger partial charge in [0.1, 0.15) is 5.56 Å². The van der Waals surface area contributed by atoms with Crippen molar-refractivity contribution in [1.29, 1.82) is 0 Å². The van der Waals surface area contributed by atoms with Crippen molar-refractivity contribution in [1.82, 2.24) is 0 Å². The fraction of sp³-hybridized carbons (Fsp3) is 0.300. The number of hydrogen-bond acceptors (Lipinski definition) is 4. The van der Waals surface area contributed by atoms with Crippen LogP contribution in [-0.2, 0) is 9.62 Å². The largest absolute Gasteiger partial charge is 0.465 e. The minimum Gasteiger partial charge on any atom is -0.465 e. The molecular formula is C10H12O4. The normalized spacial score (nSPS) is 9.57. The average Bonchev–Trinajstić information content (AvgIpc) is 2.25. The predicted molar refractivity (Wildman–Crippen MR) is 50.0 cm³/mol. The summed E-state index contributed by atoms with van der Waals surface area (Å²) in [5.74, 6) is -0.0819. The highest BCUT2D eigenvalue weighted by atomic mass is 17.2. The first-order valence-corrected chi connectivity index (χ1v) is 4.26. The Bertz CT molecular complexity index is 309. The third-order valence-corrected chi connectivity index (χ3v) is 1.56. The van der Waals surface area contributed by atoms with Crippen LogP contribution in [0.1, 0.15) is 17.3 Å². The van der Waals surface area contributed by atoms with Crippen LogP contribution in [0, 0.1) is 0 Å². The molecule has 1 rings (SSSR count). The standard InChI is InChI=1S/C10H12O4/c1-3-13-14-9-7-5-4-6-8(9)10(11)12-2/h4-7H,3H2,1-2H3. The topological polar surface area (TPSA) is 44.8 Å². The van der Waals surface area contributed by atoms with Crippen molar-refractivity contribution in [2.24, 2.45) is 0 Å². The molecule has 0 aromatic heterocycles. The summed E-state index contributed by atoms with van der Waals surface area (Å²) in [6.07, 6.45) is 0. The van der Waals surface area contributed by atoms with Crippen LogP contribution >= 0.6 is 0 Å². The Morgan fingerprint density at radius 1 is 1.36 bits per heavy atom. The van der Waals surface area contributed by atoms with Crippen molar-refractivity contribution in [2.45, 2.75) is 6.92 Å². The third kappa shape index (κ3) is 2.47. The fourth-order valence-electron chi connectivity index (χ4n) is 0.940. The van der Waals surface area contributed by atoms with E-state index in [1.165, 1.54) is 7.11 Å². The van der Waals surface area contributed by atoms with E-state index in [1.54, 1.807) is 31.2 Å². The summed E-state index contributed by atoms with van der Waals surface area (Å²) < 4.78 is 4.58. The second-order valence-corrected chi connectivity index (χ2v) is 2.48. The Morgan fingerprint density at radius 2 is 2.07 bits per heavy atom. The van der Waals surface area contributed by atoms with Gasteiger partial charge in [0.05, 0.1) is 13.7 Å². The van der Waals surface area contributed by atoms with E-state index >= 15 is 0 Å². The molecular weight excluding hydrogens is 184 g/mol. The lowest BCUT2D eigenvalue weighted by atomic mass is 10.2. The summed E-state index contributed by atoms with van der Waals surface area (Å²) in [6, 6.07) is 6.73. The number of ether oxygens (including phenoxy) is 1. The first-order valence-electron chi connectivity index (χ1n) is 4.26. The van der Waals surface area contributed by atoms with E-state index in [0.717, 1.165) is 0 Å². The molecule has 0 saturated heterocycles. The van der Waals surface area contributed by atoms with Crippen LogP contribution < -0.4 is 4.89 Å². The summed E-state index contributed by atoms with van der Waals surface area (Å²) in [7, 11) is 1.32. The molecule has 1 aromatic rings. The number of carbonyl (C=O) groups excluding carboxylic acids is 1. The molecule has 0 atom stereocenters. The maximum absolute atomic E-state index is 11.2. The highest BCUT2D eigenvalue weighted by Crippen LogP contribution is 2.18. The van der Waals surface area contributed by atoms with Crippen LogP contribution in [0.25, 0.3) is 0 Å². The van der Waals surface area contributed by atoms with E-state index < -0.39 is 5.97 Å². The summed E-state index contributed by atoms with van der Waals surface area (Å²) in [5, 5.41) is 0. The summed E-state index contributed by atoms with van der Waals surface area (Å²) in [6.45, 7) is 2.20. The van der Waals surface area contributed by atoms with Gasteiger partial charge in [0.15, 0.2) is 5.75 Å². The van der Waals surface area contributed by atoms with E-state index in [9.17, 15) is 4.79 Å². The second kappa shape index (κ2) is 5.24. The molecule has 0 unspecified atom stereocenters. The molecule has 0 aliphatic heterocycles. The minimum atomic E-state index is -0.444. The van der Waals surface area contributed by atoms with Gasteiger partial charge < -0.3 is 9.62 Å². The van der Waals surface area contributed by atoms with Gasteiger partial charge in [-0.3, -0.25) is 0 Å². The molecule has 0 spiro atoms. The number of esters is 1. The van der Waals surface area contributed by atoms with E-state index in [4.69, 9.17) is 9.78 Å². The molecule has 0 aliphatic carbocycles. The lowest BCUT2D eigenvalue weighted by Gasteiger charge is -2.06. The number of methoxy groups -OCH3 is 1. The zero-order valence-corrected chi connectivity index (χ0v) is 8.15. The molecule has 0 saturated carbocycles. The monoisotopic (exact) mass is 196 g/mol. The van der Waals surface area contributed by atoms with Gasteiger partial charge in [-0.1, -0.05) is 12.1 Å². The SMILES string of the molecule is CCOOc1ccccc1C(=O)OC. The molecule has 0 heterocycles. The number of para-hydroxylation sites is 1. The Labute approximate surface area is 82.3 Å². The van der Waals surface area contributed by atoms with E-state index in [0.29, 0.717) is 17.9 Å². The number of hydrogen-bond donors (Lipinski definition) is 0. The van der Waals surface area contributed by atoms with Gasteiger partial charge in [0.25, 0.3) is 0 Å². The van der Waals surface area contributed by atoms with Crippen LogP contribution in [0.15, 0.2) is 24.3 Å². The summed E-state index contributed by atoms with van der Waals surface area (Å²) in [4.78, 5) is 20.9. The molecule has 0 amide bonds. The van der Waals surface area contributed by atoms with Gasteiger partial charge in [-0.25, -0.2) is 4.79 Å². The Balaban J connectivity index is 2.85. The maximum Gasteiger partial charge on any atom is 0.341 e. The first kappa shape index (κ1) is 10.5. The molecule has 76 valence electrons. The van der Waals surface area contributed by atoms with Crippen molar-refractivity contribution >= 4 is 5.97 Å². The highest BCUT2D eigenvalue weighted by Gasteiger charge is 2.12. The Morgan fingerprint density at radius 3 is 2.71 bits per heavy atom. The van der Waals surface area contributed by atoms with Crippen molar-refractivity contribution in [3.05, 3.63) is 29.8 Å². The number of rotatable bonds is 4. The lowest BCUT2D eigenvalue weighted by molar-refractivity contribution is -0.202. The van der Waals surface area contributed by atoms with Crippen LogP contribution in [-0.4, -0.2) is 19.7 Å². The zero-order chi connectivity index (χ0) is 10.4. The molecule has 14 heavy (non-hydrogen) atoms. The molecule has 0 fully saturated rings. The van der Waals surface area contributed by atoms with Gasteiger partial charge in [-0.2, -0.15) is 4.89 Å². The fourth-order valence-corrected chi connectivity index (χ4v) is 0.940. The number of carbonyl (C=O) groups is 1. The number of benzene rings is 1. The average molecular weight is 196 g/mol. The smallest absolute Gasteiger partial charge is 0.341 e. The van der Waals surface area contributed by atoms with Gasteiger partial charge in [0, 0.05) is 0 Å². The van der Waals surface area contributed by atoms with Gasteiger partial charge >= 0.3 is 5.97 Å². The van der Waals surface area contributed by atoms with Crippen LogP contribution in [0.2, 0.25) is 0 Å². The van der Waals surface area contributed by atoms with Gasteiger partial charge in [-0.15, -0.1) is 0 Å². The lowest BCUT2D eigenvalue weighted by Crippen LogP contribution is -2.05. The van der Waals surface area contributed by atoms with E-state index in [2.05, 4.69) is 4.74 Å². The van der Waals surface area contributed by atoms with Crippen molar-refractivity contribution in [3.63, 3.8) is 0 Å². The molecule has 0 radical (unpaired) electrons. The maximum atomic E-state index is 11.2. The Hall–Kier alpha value is -1.55.